The summed E-state index contributed by atoms with van der Waals surface area (Å²) in [6.45, 7) is 11.4. The Balaban J connectivity index is 0.00000276. The fourth-order valence-corrected chi connectivity index (χ4v) is 6.11. The van der Waals surface area contributed by atoms with E-state index in [0.29, 0.717) is 51.2 Å². The number of carbonyl (C=O) groups excluding carboxylic acids is 2. The van der Waals surface area contributed by atoms with E-state index in [1.54, 1.807) is 19.1 Å². The number of aromatic nitrogens is 3. The average molecular weight is 760 g/mol. The number of fused-ring (bicyclic) bond motifs is 8. The van der Waals surface area contributed by atoms with Gasteiger partial charge in [0.15, 0.2) is 0 Å². The van der Waals surface area contributed by atoms with Crippen molar-refractivity contribution < 1.29 is 201 Å². The summed E-state index contributed by atoms with van der Waals surface area (Å²) >= 11 is 0. The van der Waals surface area contributed by atoms with Crippen molar-refractivity contribution in [3.63, 3.8) is 0 Å². The molecule has 0 amide bonds. The summed E-state index contributed by atoms with van der Waals surface area (Å²) in [6, 6.07) is 1.95. The van der Waals surface area contributed by atoms with Crippen molar-refractivity contribution >= 4 is 47.8 Å². The van der Waals surface area contributed by atoms with E-state index in [1.807, 2.05) is 39.0 Å². The van der Waals surface area contributed by atoms with E-state index >= 15 is 0 Å². The molecule has 0 spiro atoms. The van der Waals surface area contributed by atoms with Gasteiger partial charge in [0, 0.05) is 47.2 Å². The second-order valence-corrected chi connectivity index (χ2v) is 11.0. The SMILES string of the molecule is C=Cc1c2[n-]c(c1C)C=C1NC(=C(CC(=O)[O-])c3[n-]c(c(C)c3C(=O)O)C=c3[n-]c(cc3CC)=C2)C(CCC(=O)[O-])C1C.[Cu+2].[K+].[K+].[K+]. The van der Waals surface area contributed by atoms with Crippen molar-refractivity contribution in [1.82, 2.24) is 20.3 Å². The first-order valence-electron chi connectivity index (χ1n) is 14.1. The first kappa shape index (κ1) is 45.5. The molecule has 2 aliphatic heterocycles. The van der Waals surface area contributed by atoms with Gasteiger partial charge in [0.25, 0.3) is 0 Å². The molecule has 2 unspecified atom stereocenters. The van der Waals surface area contributed by atoms with Gasteiger partial charge in [0.2, 0.25) is 0 Å². The Labute approximate surface area is 411 Å². The zero-order chi connectivity index (χ0) is 31.2. The number of allylic oxidation sites excluding steroid dienone is 2. The van der Waals surface area contributed by atoms with Crippen LogP contribution in [0.5, 0.6) is 0 Å². The van der Waals surface area contributed by atoms with Crippen LogP contribution in [-0.2, 0) is 33.1 Å². The van der Waals surface area contributed by atoms with Crippen molar-refractivity contribution in [3.8, 4) is 0 Å². The number of carboxylic acid groups (broad SMARTS) is 3. The Morgan fingerprint density at radius 1 is 0.979 bits per heavy atom. The molecule has 1 radical (unpaired) electrons. The van der Waals surface area contributed by atoms with Crippen LogP contribution in [0.4, 0.5) is 0 Å². The van der Waals surface area contributed by atoms with Crippen LogP contribution in [0.1, 0.15) is 88.5 Å². The first-order valence-corrected chi connectivity index (χ1v) is 14.1. The van der Waals surface area contributed by atoms with Crippen molar-refractivity contribution in [3.05, 3.63) is 85.3 Å². The maximum atomic E-state index is 12.6. The summed E-state index contributed by atoms with van der Waals surface area (Å²) in [5.41, 5.74) is 5.77. The molecule has 233 valence electrons. The normalized spacial score (nSPS) is 16.0. The van der Waals surface area contributed by atoms with E-state index in [9.17, 15) is 29.7 Å². The van der Waals surface area contributed by atoms with Gasteiger partial charge in [-0.2, -0.15) is 0 Å². The minimum Gasteiger partial charge on any atom is -0.658 e. The van der Waals surface area contributed by atoms with Crippen LogP contribution in [-0.4, -0.2) is 23.0 Å². The third-order valence-corrected chi connectivity index (χ3v) is 8.42. The molecule has 0 aliphatic carbocycles. The summed E-state index contributed by atoms with van der Waals surface area (Å²) < 4.78 is 0. The van der Waals surface area contributed by atoms with Crippen LogP contribution in [0.3, 0.4) is 0 Å². The maximum Gasteiger partial charge on any atom is 2.00 e. The molecule has 47 heavy (non-hydrogen) atoms. The van der Waals surface area contributed by atoms with E-state index < -0.39 is 30.2 Å². The summed E-state index contributed by atoms with van der Waals surface area (Å²) in [5.74, 6) is -4.72. The van der Waals surface area contributed by atoms with Gasteiger partial charge in [-0.05, 0) is 44.2 Å². The third-order valence-electron chi connectivity index (χ3n) is 8.42. The number of carboxylic acids is 3. The van der Waals surface area contributed by atoms with Gasteiger partial charge in [-0.1, -0.05) is 67.5 Å². The van der Waals surface area contributed by atoms with Crippen LogP contribution < -0.4 is 195 Å². The number of aliphatic carboxylic acids is 2. The summed E-state index contributed by atoms with van der Waals surface area (Å²) in [5, 5.41) is 38.5. The molecule has 2 N–H and O–H groups in total. The zero-order valence-corrected chi connectivity index (χ0v) is 38.0. The van der Waals surface area contributed by atoms with Crippen molar-refractivity contribution in [2.24, 2.45) is 11.8 Å². The van der Waals surface area contributed by atoms with Crippen LogP contribution >= 0.6 is 0 Å². The molecule has 5 heterocycles. The standard InChI is InChI=1S/C33H33N4O6.Cu.3K/c1-6-18-10-19-11-27-20(7-2)15(3)23(35-27)13-24-16(4)21(8-9-28(38)39)31(36-24)22(12-29(40)41)32-30(33(42)43)17(5)25(37-32)14-26(18)34-19;;;;/h7,10-11,13-14,16,21,36H,2,6,8-9,12H2,1,3-5H3,(H,38,39)(H,40,41)(H,42,43);;;;/q-3;+2;3*+1/p-2. The number of hydrogen-bond donors (Lipinski definition) is 2. The van der Waals surface area contributed by atoms with E-state index in [-0.39, 0.29) is 207 Å². The molecular weight excluding hydrogens is 729 g/mol. The minimum absolute atomic E-state index is 0. The second-order valence-electron chi connectivity index (χ2n) is 11.0. The molecule has 0 aromatic carbocycles. The van der Waals surface area contributed by atoms with E-state index in [2.05, 4.69) is 16.9 Å². The smallest absolute Gasteiger partial charge is 0.658 e. The monoisotopic (exact) mass is 759 g/mol. The predicted molar refractivity (Wildman–Crippen MR) is 156 cm³/mol. The number of carbonyl (C=O) groups is 3. The topological polar surface area (TPSA) is 172 Å². The maximum absolute atomic E-state index is 12.6. The molecule has 10 nitrogen and oxygen atoms in total. The molecular formula is C33H31CuK3N4O6. The van der Waals surface area contributed by atoms with Crippen LogP contribution in [0, 0.1) is 25.7 Å². The van der Waals surface area contributed by atoms with E-state index in [1.165, 1.54) is 0 Å². The Bertz CT molecular complexity index is 1890. The predicted octanol–water partition coefficient (Wildman–Crippen LogP) is -8.66. The second kappa shape index (κ2) is 19.3. The van der Waals surface area contributed by atoms with Gasteiger partial charge in [-0.25, -0.2) is 4.79 Å². The molecule has 8 bridgehead atoms. The summed E-state index contributed by atoms with van der Waals surface area (Å²) in [7, 11) is 0. The van der Waals surface area contributed by atoms with E-state index in [4.69, 9.17) is 9.97 Å². The average Bonchev–Trinajstić information content (AvgIpc) is 3.65. The van der Waals surface area contributed by atoms with Crippen LogP contribution in [0.2, 0.25) is 0 Å². The largest absolute Gasteiger partial charge is 2.00 e. The Kier molecular flexibility index (Phi) is 18.7. The van der Waals surface area contributed by atoms with Crippen molar-refractivity contribution in [1.29, 1.82) is 0 Å². The van der Waals surface area contributed by atoms with Crippen molar-refractivity contribution in [2.75, 3.05) is 0 Å². The number of rotatable bonds is 8. The molecule has 2 atom stereocenters. The Morgan fingerprint density at radius 2 is 1.64 bits per heavy atom. The number of aromatic carboxylic acids is 1. The molecule has 0 saturated carbocycles. The van der Waals surface area contributed by atoms with Gasteiger partial charge in [-0.15, -0.1) is 33.5 Å². The van der Waals surface area contributed by atoms with Gasteiger partial charge in [0.05, 0.1) is 0 Å². The Morgan fingerprint density at radius 3 is 2.21 bits per heavy atom. The van der Waals surface area contributed by atoms with E-state index in [0.717, 1.165) is 16.7 Å². The molecule has 2 aliphatic rings. The molecule has 14 heteroatoms. The first-order chi connectivity index (χ1) is 20.4. The number of nitrogens with zero attached hydrogens (tertiary/aromatic N) is 3. The molecule has 3 aromatic rings. The third kappa shape index (κ3) is 9.66. The van der Waals surface area contributed by atoms with Gasteiger partial charge < -0.3 is 45.2 Å². The molecule has 3 aromatic heterocycles. The quantitative estimate of drug-likeness (QED) is 0.210. The number of nitrogens with one attached hydrogen (secondary N) is 1. The Hall–Kier alpha value is 0.439. The van der Waals surface area contributed by atoms with Crippen molar-refractivity contribution in [2.45, 2.75) is 53.4 Å². The van der Waals surface area contributed by atoms with Crippen LogP contribution in [0.25, 0.3) is 29.9 Å². The van der Waals surface area contributed by atoms with Gasteiger partial charge in [-0.3, -0.25) is 0 Å². The van der Waals surface area contributed by atoms with Crippen LogP contribution in [0.15, 0.2) is 24.0 Å². The minimum atomic E-state index is -1.43. The summed E-state index contributed by atoms with van der Waals surface area (Å²) in [4.78, 5) is 50.5. The molecule has 1 saturated heterocycles. The number of hydrogen-bond acceptors (Lipinski definition) is 6. The summed E-state index contributed by atoms with van der Waals surface area (Å²) in [6.07, 6.45) is 7.07. The van der Waals surface area contributed by atoms with Gasteiger partial charge >= 0.3 is 177 Å². The molecule has 5 rings (SSSR count). The van der Waals surface area contributed by atoms with Gasteiger partial charge in [0.1, 0.15) is 0 Å². The molecule has 1 fully saturated rings. The fourth-order valence-electron chi connectivity index (χ4n) is 6.11. The fraction of sp³-hybridized carbons (Fsp3) is 0.303. The number of aryl methyl sites for hydroxylation is 1. The zero-order valence-electron chi connectivity index (χ0n) is 27.7.